The van der Waals surface area contributed by atoms with E-state index in [0.29, 0.717) is 11.4 Å². The number of benzene rings is 2. The molecule has 1 fully saturated rings. The lowest BCUT2D eigenvalue weighted by atomic mass is 9.95. The van der Waals surface area contributed by atoms with Gasteiger partial charge < -0.3 is 15.8 Å². The number of nitrogens with one attached hydrogen (secondary N) is 2. The predicted molar refractivity (Wildman–Crippen MR) is 117 cm³/mol. The molecule has 0 spiro atoms. The first kappa shape index (κ1) is 22.6. The van der Waals surface area contributed by atoms with Crippen LogP contribution in [0.3, 0.4) is 0 Å². The molecule has 0 aromatic heterocycles. The van der Waals surface area contributed by atoms with Crippen molar-refractivity contribution in [2.75, 3.05) is 4.72 Å². The molecule has 0 saturated heterocycles. The van der Waals surface area contributed by atoms with Crippen LogP contribution < -0.4 is 20.5 Å². The molecule has 0 unspecified atom stereocenters. The number of amides is 2. The molecule has 31 heavy (non-hydrogen) atoms. The zero-order chi connectivity index (χ0) is 22.4. The minimum atomic E-state index is -3.83. The summed E-state index contributed by atoms with van der Waals surface area (Å²) in [5.74, 6) is -0.368. The monoisotopic (exact) mass is 445 g/mol. The summed E-state index contributed by atoms with van der Waals surface area (Å²) >= 11 is 0. The molecule has 9 heteroatoms. The summed E-state index contributed by atoms with van der Waals surface area (Å²) in [7, 11) is -3.83. The normalized spacial score (nSPS) is 15.6. The van der Waals surface area contributed by atoms with Gasteiger partial charge in [-0.2, -0.15) is 0 Å². The number of ether oxygens (including phenoxy) is 1. The van der Waals surface area contributed by atoms with Crippen LogP contribution in [-0.2, 0) is 14.8 Å². The van der Waals surface area contributed by atoms with E-state index in [0.717, 1.165) is 25.7 Å². The quantitative estimate of drug-likeness (QED) is 0.576. The number of rotatable bonds is 8. The Morgan fingerprint density at radius 2 is 1.61 bits per heavy atom. The fourth-order valence-electron chi connectivity index (χ4n) is 3.44. The van der Waals surface area contributed by atoms with E-state index in [2.05, 4.69) is 10.0 Å². The molecule has 4 N–H and O–H groups in total. The largest absolute Gasteiger partial charge is 0.481 e. The van der Waals surface area contributed by atoms with E-state index in [4.69, 9.17) is 10.5 Å². The van der Waals surface area contributed by atoms with E-state index in [-0.39, 0.29) is 22.4 Å². The van der Waals surface area contributed by atoms with Gasteiger partial charge in [0.05, 0.1) is 4.90 Å². The Labute approximate surface area is 182 Å². The first-order valence-corrected chi connectivity index (χ1v) is 11.7. The van der Waals surface area contributed by atoms with Gasteiger partial charge in [-0.05, 0) is 68.3 Å². The molecule has 8 nitrogen and oxygen atoms in total. The van der Waals surface area contributed by atoms with Gasteiger partial charge in [0.15, 0.2) is 6.10 Å². The molecular weight excluding hydrogens is 418 g/mol. The van der Waals surface area contributed by atoms with Crippen LogP contribution in [0.1, 0.15) is 49.4 Å². The van der Waals surface area contributed by atoms with Gasteiger partial charge in [0.2, 0.25) is 5.91 Å². The molecule has 1 aliphatic rings. The van der Waals surface area contributed by atoms with Gasteiger partial charge in [0.1, 0.15) is 5.75 Å². The number of sulfonamides is 1. The van der Waals surface area contributed by atoms with Crippen LogP contribution >= 0.6 is 0 Å². The highest BCUT2D eigenvalue weighted by molar-refractivity contribution is 7.92. The zero-order valence-electron chi connectivity index (χ0n) is 17.3. The van der Waals surface area contributed by atoms with Crippen LogP contribution in [0.4, 0.5) is 5.69 Å². The number of hydrogen-bond acceptors (Lipinski definition) is 5. The molecule has 0 radical (unpaired) electrons. The van der Waals surface area contributed by atoms with Gasteiger partial charge in [-0.1, -0.05) is 19.3 Å². The number of hydrogen-bond donors (Lipinski definition) is 3. The Hall–Kier alpha value is -3.07. The van der Waals surface area contributed by atoms with Crippen LogP contribution in [-0.4, -0.2) is 32.4 Å². The minimum Gasteiger partial charge on any atom is -0.481 e. The molecule has 0 heterocycles. The van der Waals surface area contributed by atoms with E-state index in [1.807, 2.05) is 0 Å². The maximum absolute atomic E-state index is 12.6. The van der Waals surface area contributed by atoms with E-state index in [9.17, 15) is 18.0 Å². The molecule has 0 bridgehead atoms. The highest BCUT2D eigenvalue weighted by Gasteiger charge is 2.21. The number of carbonyl (C=O) groups excluding carboxylic acids is 2. The lowest BCUT2D eigenvalue weighted by molar-refractivity contribution is -0.128. The Kier molecular flexibility index (Phi) is 7.17. The number of anilines is 1. The van der Waals surface area contributed by atoms with Crippen LogP contribution in [0.25, 0.3) is 0 Å². The summed E-state index contributed by atoms with van der Waals surface area (Å²) in [6.07, 6.45) is 4.75. The Bertz CT molecular complexity index is 1010. The zero-order valence-corrected chi connectivity index (χ0v) is 18.2. The molecule has 1 aliphatic carbocycles. The minimum absolute atomic E-state index is 0.0399. The topological polar surface area (TPSA) is 128 Å². The summed E-state index contributed by atoms with van der Waals surface area (Å²) in [5.41, 5.74) is 5.77. The lowest BCUT2D eigenvalue weighted by Crippen LogP contribution is -2.43. The van der Waals surface area contributed by atoms with Gasteiger partial charge in [0, 0.05) is 17.3 Å². The van der Waals surface area contributed by atoms with Crippen LogP contribution in [0, 0.1) is 0 Å². The predicted octanol–water partition coefficient (Wildman–Crippen LogP) is 2.80. The van der Waals surface area contributed by atoms with Gasteiger partial charge in [-0.3, -0.25) is 14.3 Å². The number of nitrogens with two attached hydrogens (primary N) is 1. The van der Waals surface area contributed by atoms with E-state index in [1.165, 1.54) is 55.0 Å². The smallest absolute Gasteiger partial charge is 0.261 e. The third kappa shape index (κ3) is 6.21. The van der Waals surface area contributed by atoms with E-state index >= 15 is 0 Å². The van der Waals surface area contributed by atoms with Crippen LogP contribution in [0.2, 0.25) is 0 Å². The van der Waals surface area contributed by atoms with Crippen molar-refractivity contribution in [3.63, 3.8) is 0 Å². The lowest BCUT2D eigenvalue weighted by Gasteiger charge is -2.24. The van der Waals surface area contributed by atoms with Gasteiger partial charge in [-0.25, -0.2) is 8.42 Å². The molecule has 3 rings (SSSR count). The summed E-state index contributed by atoms with van der Waals surface area (Å²) in [6.45, 7) is 1.67. The maximum Gasteiger partial charge on any atom is 0.261 e. The molecule has 0 aliphatic heterocycles. The molecule has 2 aromatic rings. The summed E-state index contributed by atoms with van der Waals surface area (Å²) in [4.78, 5) is 23.5. The third-order valence-corrected chi connectivity index (χ3v) is 6.59. The van der Waals surface area contributed by atoms with Crippen molar-refractivity contribution in [2.24, 2.45) is 5.73 Å². The number of carbonyl (C=O) groups is 2. The fraction of sp³-hybridized carbons (Fsp3) is 0.364. The Morgan fingerprint density at radius 1 is 1.00 bits per heavy atom. The maximum atomic E-state index is 12.6. The molecule has 166 valence electrons. The van der Waals surface area contributed by atoms with Crippen molar-refractivity contribution in [2.45, 2.75) is 56.1 Å². The molecule has 2 aromatic carbocycles. The SMILES string of the molecule is C[C@H](Oc1ccc(S(=O)(=O)Nc2ccc(C(N)=O)cc2)cc1)C(=O)NC1CCCCC1. The number of primary amides is 1. The van der Waals surface area contributed by atoms with Crippen molar-refractivity contribution in [1.29, 1.82) is 0 Å². The van der Waals surface area contributed by atoms with Crippen LogP contribution in [0.15, 0.2) is 53.4 Å². The highest BCUT2D eigenvalue weighted by Crippen LogP contribution is 2.21. The third-order valence-electron chi connectivity index (χ3n) is 5.19. The van der Waals surface area contributed by atoms with Crippen molar-refractivity contribution >= 4 is 27.5 Å². The van der Waals surface area contributed by atoms with Gasteiger partial charge in [0.25, 0.3) is 15.9 Å². The van der Waals surface area contributed by atoms with Crippen molar-refractivity contribution in [1.82, 2.24) is 5.32 Å². The summed E-state index contributed by atoms with van der Waals surface area (Å²) in [5, 5.41) is 3.01. The molecule has 2 amide bonds. The van der Waals surface area contributed by atoms with Gasteiger partial charge in [-0.15, -0.1) is 0 Å². The highest BCUT2D eigenvalue weighted by atomic mass is 32.2. The second-order valence-corrected chi connectivity index (χ2v) is 9.30. The standard InChI is InChI=1S/C22H27N3O5S/c1-15(22(27)24-17-5-3-2-4-6-17)30-19-11-13-20(14-12-19)31(28,29)25-18-9-7-16(8-10-18)21(23)26/h7-15,17,25H,2-6H2,1H3,(H2,23,26)(H,24,27)/t15-/m0/s1. The molecule has 1 saturated carbocycles. The first-order valence-electron chi connectivity index (χ1n) is 10.2. The average Bonchev–Trinajstić information content (AvgIpc) is 2.75. The van der Waals surface area contributed by atoms with E-state index in [1.54, 1.807) is 6.92 Å². The second-order valence-electron chi connectivity index (χ2n) is 7.62. The first-order chi connectivity index (χ1) is 14.7. The van der Waals surface area contributed by atoms with Gasteiger partial charge >= 0.3 is 0 Å². The molecular formula is C22H27N3O5S. The van der Waals surface area contributed by atoms with Crippen molar-refractivity contribution in [3.05, 3.63) is 54.1 Å². The summed E-state index contributed by atoms with van der Waals surface area (Å²) < 4.78 is 33.3. The summed E-state index contributed by atoms with van der Waals surface area (Å²) in [6, 6.07) is 11.8. The Morgan fingerprint density at radius 3 is 2.19 bits per heavy atom. The van der Waals surface area contributed by atoms with Crippen LogP contribution in [0.5, 0.6) is 5.75 Å². The second kappa shape index (κ2) is 9.82. The van der Waals surface area contributed by atoms with Crippen molar-refractivity contribution < 1.29 is 22.7 Å². The van der Waals surface area contributed by atoms with Crippen molar-refractivity contribution in [3.8, 4) is 5.75 Å². The molecule has 1 atom stereocenters. The average molecular weight is 446 g/mol. The fourth-order valence-corrected chi connectivity index (χ4v) is 4.50. The Balaban J connectivity index is 1.59. The van der Waals surface area contributed by atoms with E-state index < -0.39 is 22.0 Å².